The molecule has 0 bridgehead atoms. The van der Waals surface area contributed by atoms with E-state index in [1.165, 1.54) is 4.31 Å². The summed E-state index contributed by atoms with van der Waals surface area (Å²) < 4.78 is 33.7. The summed E-state index contributed by atoms with van der Waals surface area (Å²) in [5.41, 5.74) is 4.86. The Labute approximate surface area is 168 Å². The van der Waals surface area contributed by atoms with E-state index < -0.39 is 10.0 Å². The highest BCUT2D eigenvalue weighted by atomic mass is 32.2. The molecule has 1 aromatic carbocycles. The maximum atomic E-state index is 13.4. The minimum Gasteiger partial charge on any atom is -0.378 e. The molecule has 0 radical (unpaired) electrons. The highest BCUT2D eigenvalue weighted by Crippen LogP contribution is 2.32. The molecule has 2 amide bonds. The first-order valence-corrected chi connectivity index (χ1v) is 11.3. The van der Waals surface area contributed by atoms with E-state index in [9.17, 15) is 13.2 Å². The molecule has 8 heteroatoms. The quantitative estimate of drug-likeness (QED) is 0.749. The van der Waals surface area contributed by atoms with Gasteiger partial charge in [-0.2, -0.15) is 4.31 Å². The van der Waals surface area contributed by atoms with Gasteiger partial charge in [0.2, 0.25) is 10.0 Å². The largest absolute Gasteiger partial charge is 0.378 e. The molecule has 2 saturated heterocycles. The molecule has 0 aliphatic carbocycles. The maximum Gasteiger partial charge on any atom is 0.320 e. The molecule has 28 heavy (non-hydrogen) atoms. The third kappa shape index (κ3) is 3.65. The van der Waals surface area contributed by atoms with Gasteiger partial charge in [-0.3, -0.25) is 0 Å². The SMILES string of the molecule is Cc1c(C)c(C)c(S(=O)(=O)N2CCN(C(=O)N3CCOCC3)CC2)c(C)c1C. The molecule has 0 atom stereocenters. The molecule has 0 saturated carbocycles. The number of carbonyl (C=O) groups excluding carboxylic acids is 1. The van der Waals surface area contributed by atoms with Crippen LogP contribution >= 0.6 is 0 Å². The van der Waals surface area contributed by atoms with Crippen molar-refractivity contribution in [1.82, 2.24) is 14.1 Å². The van der Waals surface area contributed by atoms with Crippen molar-refractivity contribution in [2.75, 3.05) is 52.5 Å². The Bertz CT molecular complexity index is 839. The highest BCUT2D eigenvalue weighted by Gasteiger charge is 2.34. The Hall–Kier alpha value is -1.64. The second kappa shape index (κ2) is 8.00. The summed E-state index contributed by atoms with van der Waals surface area (Å²) in [6, 6.07) is -0.0188. The normalized spacial score (nSPS) is 19.2. The summed E-state index contributed by atoms with van der Waals surface area (Å²) in [4.78, 5) is 16.6. The van der Waals surface area contributed by atoms with Crippen LogP contribution in [0.15, 0.2) is 4.90 Å². The zero-order chi connectivity index (χ0) is 20.6. The number of rotatable bonds is 2. The second-order valence-corrected chi connectivity index (χ2v) is 9.60. The summed E-state index contributed by atoms with van der Waals surface area (Å²) in [6.07, 6.45) is 0. The molecule has 0 unspecified atom stereocenters. The fourth-order valence-electron chi connectivity index (χ4n) is 4.06. The van der Waals surface area contributed by atoms with Crippen LogP contribution < -0.4 is 0 Å². The summed E-state index contributed by atoms with van der Waals surface area (Å²) in [5, 5.41) is 0. The van der Waals surface area contributed by atoms with Gasteiger partial charge in [0.15, 0.2) is 0 Å². The predicted molar refractivity (Wildman–Crippen MR) is 108 cm³/mol. The fourth-order valence-corrected chi connectivity index (χ4v) is 6.04. The molecule has 2 heterocycles. The van der Waals surface area contributed by atoms with Gasteiger partial charge in [0.05, 0.1) is 18.1 Å². The van der Waals surface area contributed by atoms with E-state index in [-0.39, 0.29) is 6.03 Å². The smallest absolute Gasteiger partial charge is 0.320 e. The van der Waals surface area contributed by atoms with Crippen molar-refractivity contribution in [2.24, 2.45) is 0 Å². The molecule has 1 aromatic rings. The van der Waals surface area contributed by atoms with Crippen LogP contribution in [0, 0.1) is 34.6 Å². The van der Waals surface area contributed by atoms with Crippen LogP contribution in [0.2, 0.25) is 0 Å². The summed E-state index contributed by atoms with van der Waals surface area (Å²) in [6.45, 7) is 13.6. The predicted octanol–water partition coefficient (Wildman–Crippen LogP) is 1.99. The van der Waals surface area contributed by atoms with Gasteiger partial charge in [-0.15, -0.1) is 0 Å². The van der Waals surface area contributed by atoms with Crippen LogP contribution in [0.1, 0.15) is 27.8 Å². The lowest BCUT2D eigenvalue weighted by Gasteiger charge is -2.38. The van der Waals surface area contributed by atoms with Crippen LogP contribution in [0.5, 0.6) is 0 Å². The van der Waals surface area contributed by atoms with Gasteiger partial charge in [0.1, 0.15) is 0 Å². The van der Waals surface area contributed by atoms with Gasteiger partial charge in [-0.05, 0) is 62.4 Å². The molecular formula is C20H31N3O4S. The van der Waals surface area contributed by atoms with Crippen molar-refractivity contribution >= 4 is 16.1 Å². The van der Waals surface area contributed by atoms with Crippen molar-refractivity contribution < 1.29 is 17.9 Å². The van der Waals surface area contributed by atoms with Crippen LogP contribution in [-0.4, -0.2) is 81.0 Å². The maximum absolute atomic E-state index is 13.4. The van der Waals surface area contributed by atoms with Crippen molar-refractivity contribution in [1.29, 1.82) is 0 Å². The Kier molecular flexibility index (Phi) is 6.03. The molecule has 7 nitrogen and oxygen atoms in total. The van der Waals surface area contributed by atoms with Crippen LogP contribution in [-0.2, 0) is 14.8 Å². The molecule has 2 aliphatic rings. The first kappa shape index (κ1) is 21.1. The fraction of sp³-hybridized carbons (Fsp3) is 0.650. The standard InChI is InChI=1S/C20H31N3O4S/c1-14-15(2)17(4)19(18(5)16(14)3)28(25,26)23-8-6-21(7-9-23)20(24)22-10-12-27-13-11-22/h6-13H2,1-5H3. The van der Waals surface area contributed by atoms with Crippen LogP contribution in [0.3, 0.4) is 0 Å². The number of benzene rings is 1. The lowest BCUT2D eigenvalue weighted by molar-refractivity contribution is 0.0405. The average Bonchev–Trinajstić information content (AvgIpc) is 2.71. The van der Waals surface area contributed by atoms with Crippen molar-refractivity contribution in [3.05, 3.63) is 27.8 Å². The minimum atomic E-state index is -3.60. The number of amides is 2. The molecule has 0 N–H and O–H groups in total. The topological polar surface area (TPSA) is 70.2 Å². The Morgan fingerprint density at radius 2 is 1.14 bits per heavy atom. The second-order valence-electron chi connectivity index (χ2n) is 7.73. The van der Waals surface area contributed by atoms with Gasteiger partial charge in [0.25, 0.3) is 0 Å². The van der Waals surface area contributed by atoms with Gasteiger partial charge >= 0.3 is 6.03 Å². The number of morpholine rings is 1. The summed E-state index contributed by atoms with van der Waals surface area (Å²) >= 11 is 0. The van der Waals surface area contributed by atoms with Crippen molar-refractivity contribution in [3.8, 4) is 0 Å². The van der Waals surface area contributed by atoms with E-state index in [1.54, 1.807) is 9.80 Å². The zero-order valence-electron chi connectivity index (χ0n) is 17.5. The number of piperazine rings is 1. The number of ether oxygens (including phenoxy) is 1. The van der Waals surface area contributed by atoms with E-state index in [0.29, 0.717) is 57.4 Å². The summed E-state index contributed by atoms with van der Waals surface area (Å²) in [7, 11) is -3.60. The summed E-state index contributed by atoms with van der Waals surface area (Å²) in [5.74, 6) is 0. The first-order valence-electron chi connectivity index (χ1n) is 9.85. The lowest BCUT2D eigenvalue weighted by atomic mass is 9.95. The number of urea groups is 1. The van der Waals surface area contributed by atoms with E-state index >= 15 is 0 Å². The van der Waals surface area contributed by atoms with E-state index in [2.05, 4.69) is 0 Å². The number of nitrogens with zero attached hydrogens (tertiary/aromatic N) is 3. The third-order valence-electron chi connectivity index (χ3n) is 6.32. The lowest BCUT2D eigenvalue weighted by Crippen LogP contribution is -2.55. The number of hydrogen-bond acceptors (Lipinski definition) is 4. The van der Waals surface area contributed by atoms with Gasteiger partial charge in [-0.1, -0.05) is 0 Å². The third-order valence-corrected chi connectivity index (χ3v) is 8.49. The van der Waals surface area contributed by atoms with E-state index in [0.717, 1.165) is 27.8 Å². The van der Waals surface area contributed by atoms with Gasteiger partial charge < -0.3 is 14.5 Å². The highest BCUT2D eigenvalue weighted by molar-refractivity contribution is 7.89. The molecule has 3 rings (SSSR count). The molecule has 0 spiro atoms. The minimum absolute atomic E-state index is 0.0188. The first-order chi connectivity index (χ1) is 13.2. The average molecular weight is 410 g/mol. The number of hydrogen-bond donors (Lipinski definition) is 0. The molecular weight excluding hydrogens is 378 g/mol. The Morgan fingerprint density at radius 1 is 0.714 bits per heavy atom. The van der Waals surface area contributed by atoms with E-state index in [1.807, 2.05) is 34.6 Å². The molecule has 2 aliphatic heterocycles. The Balaban J connectivity index is 1.78. The number of carbonyl (C=O) groups is 1. The molecule has 2 fully saturated rings. The van der Waals surface area contributed by atoms with Gasteiger partial charge in [0, 0.05) is 39.3 Å². The van der Waals surface area contributed by atoms with Crippen molar-refractivity contribution in [3.63, 3.8) is 0 Å². The van der Waals surface area contributed by atoms with Crippen LogP contribution in [0.4, 0.5) is 4.79 Å². The van der Waals surface area contributed by atoms with Crippen molar-refractivity contribution in [2.45, 2.75) is 39.5 Å². The zero-order valence-corrected chi connectivity index (χ0v) is 18.4. The van der Waals surface area contributed by atoms with Crippen LogP contribution in [0.25, 0.3) is 0 Å². The van der Waals surface area contributed by atoms with Gasteiger partial charge in [-0.25, -0.2) is 13.2 Å². The monoisotopic (exact) mass is 409 g/mol. The molecule has 0 aromatic heterocycles. The van der Waals surface area contributed by atoms with E-state index in [4.69, 9.17) is 4.74 Å². The Morgan fingerprint density at radius 3 is 1.64 bits per heavy atom. The molecule has 156 valence electrons. The number of sulfonamides is 1.